The van der Waals surface area contributed by atoms with Crippen LogP contribution in [0.2, 0.25) is 0 Å². The predicted octanol–water partition coefficient (Wildman–Crippen LogP) is 3.54. The van der Waals surface area contributed by atoms with Crippen molar-refractivity contribution >= 4 is 33.5 Å². The fourth-order valence-corrected chi connectivity index (χ4v) is 2.12. The highest BCUT2D eigenvalue weighted by Crippen LogP contribution is 2.19. The Kier molecular flexibility index (Phi) is 4.14. The molecule has 0 atom stereocenters. The van der Waals surface area contributed by atoms with E-state index in [0.29, 0.717) is 4.47 Å². The van der Waals surface area contributed by atoms with Crippen LogP contribution in [0.5, 0.6) is 0 Å². The summed E-state index contributed by atoms with van der Waals surface area (Å²) in [6.07, 6.45) is 0. The highest BCUT2D eigenvalue weighted by atomic mass is 79.9. The maximum absolute atomic E-state index is 13.2. The van der Waals surface area contributed by atoms with Crippen LogP contribution >= 0.6 is 15.9 Å². The molecule has 0 radical (unpaired) electrons. The number of amides is 1. The first-order valence-corrected chi connectivity index (χ1v) is 6.36. The molecule has 0 saturated heterocycles. The van der Waals surface area contributed by atoms with Gasteiger partial charge < -0.3 is 10.4 Å². The number of hydrogen-bond acceptors (Lipinski definition) is 2. The normalized spacial score (nSPS) is 10.1. The van der Waals surface area contributed by atoms with E-state index >= 15 is 0 Å². The van der Waals surface area contributed by atoms with E-state index in [2.05, 4.69) is 21.2 Å². The molecule has 0 heterocycles. The molecule has 2 rings (SSSR count). The summed E-state index contributed by atoms with van der Waals surface area (Å²) >= 11 is 3.09. The zero-order valence-electron chi connectivity index (χ0n) is 10.1. The van der Waals surface area contributed by atoms with Gasteiger partial charge in [-0.3, -0.25) is 4.79 Å². The van der Waals surface area contributed by atoms with Gasteiger partial charge in [0.1, 0.15) is 5.82 Å². The second kappa shape index (κ2) is 5.83. The Labute approximate surface area is 122 Å². The molecular weight excluding hydrogens is 329 g/mol. The van der Waals surface area contributed by atoms with Gasteiger partial charge in [-0.2, -0.15) is 0 Å². The van der Waals surface area contributed by atoms with E-state index in [1.54, 1.807) is 12.1 Å². The van der Waals surface area contributed by atoms with Crippen LogP contribution in [0, 0.1) is 5.82 Å². The molecule has 0 aliphatic rings. The molecule has 0 unspecified atom stereocenters. The first kappa shape index (κ1) is 14.2. The van der Waals surface area contributed by atoms with Crippen molar-refractivity contribution in [2.45, 2.75) is 0 Å². The van der Waals surface area contributed by atoms with Crippen molar-refractivity contribution in [3.63, 3.8) is 0 Å². The lowest BCUT2D eigenvalue weighted by Crippen LogP contribution is -2.15. The van der Waals surface area contributed by atoms with E-state index in [1.165, 1.54) is 24.3 Å². The highest BCUT2D eigenvalue weighted by molar-refractivity contribution is 9.10. The molecule has 0 fully saturated rings. The highest BCUT2D eigenvalue weighted by Gasteiger charge is 2.13. The van der Waals surface area contributed by atoms with Crippen LogP contribution in [0.25, 0.3) is 0 Å². The van der Waals surface area contributed by atoms with Gasteiger partial charge in [-0.15, -0.1) is 0 Å². The molecule has 0 saturated carbocycles. The minimum Gasteiger partial charge on any atom is -0.478 e. The van der Waals surface area contributed by atoms with Gasteiger partial charge in [0.25, 0.3) is 5.91 Å². The summed E-state index contributed by atoms with van der Waals surface area (Å²) in [5, 5.41) is 11.5. The molecule has 4 nitrogen and oxygen atoms in total. The summed E-state index contributed by atoms with van der Waals surface area (Å²) in [6, 6.07) is 9.74. The lowest BCUT2D eigenvalue weighted by Gasteiger charge is -2.08. The molecule has 0 spiro atoms. The first-order chi connectivity index (χ1) is 9.47. The second-order valence-corrected chi connectivity index (χ2v) is 4.88. The monoisotopic (exact) mass is 337 g/mol. The summed E-state index contributed by atoms with van der Waals surface area (Å²) < 4.78 is 13.7. The fraction of sp³-hybridized carbons (Fsp3) is 0. The van der Waals surface area contributed by atoms with Crippen LogP contribution in [-0.2, 0) is 0 Å². The number of halogens is 2. The molecule has 6 heteroatoms. The quantitative estimate of drug-likeness (QED) is 0.900. The SMILES string of the molecule is O=C(Nc1ccccc1C(=O)O)c1cc(F)cc(Br)c1. The van der Waals surface area contributed by atoms with E-state index in [1.807, 2.05) is 0 Å². The van der Waals surface area contributed by atoms with Crippen LogP contribution in [0.4, 0.5) is 10.1 Å². The van der Waals surface area contributed by atoms with Gasteiger partial charge in [-0.05, 0) is 30.3 Å². The van der Waals surface area contributed by atoms with Crippen molar-refractivity contribution < 1.29 is 19.1 Å². The number of aromatic carboxylic acids is 1. The Balaban J connectivity index is 2.30. The molecule has 102 valence electrons. The third-order valence-corrected chi connectivity index (χ3v) is 2.99. The minimum atomic E-state index is -1.15. The molecule has 0 aromatic heterocycles. The van der Waals surface area contributed by atoms with Gasteiger partial charge in [0.05, 0.1) is 11.3 Å². The molecule has 1 amide bonds. The summed E-state index contributed by atoms with van der Waals surface area (Å²) in [7, 11) is 0. The average molecular weight is 338 g/mol. The topological polar surface area (TPSA) is 66.4 Å². The number of nitrogens with one attached hydrogen (secondary N) is 1. The minimum absolute atomic E-state index is 0.0312. The standard InChI is InChI=1S/C14H9BrFNO3/c15-9-5-8(6-10(16)7-9)13(18)17-12-4-2-1-3-11(12)14(19)20/h1-7H,(H,17,18)(H,19,20). The zero-order valence-corrected chi connectivity index (χ0v) is 11.6. The van der Waals surface area contributed by atoms with E-state index in [0.717, 1.165) is 6.07 Å². The number of carbonyl (C=O) groups is 2. The summed E-state index contributed by atoms with van der Waals surface area (Å²) in [4.78, 5) is 23.0. The van der Waals surface area contributed by atoms with Gasteiger partial charge >= 0.3 is 5.97 Å². The zero-order chi connectivity index (χ0) is 14.7. The Morgan fingerprint density at radius 1 is 1.15 bits per heavy atom. The maximum atomic E-state index is 13.2. The number of carboxylic acids is 1. The van der Waals surface area contributed by atoms with Crippen molar-refractivity contribution in [3.05, 3.63) is 63.9 Å². The van der Waals surface area contributed by atoms with Crippen molar-refractivity contribution in [2.24, 2.45) is 0 Å². The number of anilines is 1. The summed E-state index contributed by atoms with van der Waals surface area (Å²) in [5.74, 6) is -2.30. The number of para-hydroxylation sites is 1. The Bertz CT molecular complexity index is 668. The van der Waals surface area contributed by atoms with Gasteiger partial charge in [0.15, 0.2) is 0 Å². The second-order valence-electron chi connectivity index (χ2n) is 3.96. The molecule has 2 aromatic rings. The maximum Gasteiger partial charge on any atom is 0.337 e. The molecule has 0 bridgehead atoms. The molecule has 20 heavy (non-hydrogen) atoms. The van der Waals surface area contributed by atoms with Crippen molar-refractivity contribution in [1.82, 2.24) is 0 Å². The van der Waals surface area contributed by atoms with Gasteiger partial charge in [0, 0.05) is 10.0 Å². The van der Waals surface area contributed by atoms with Gasteiger partial charge in [0.2, 0.25) is 0 Å². The number of carbonyl (C=O) groups excluding carboxylic acids is 1. The third kappa shape index (κ3) is 3.21. The lowest BCUT2D eigenvalue weighted by molar-refractivity contribution is 0.0698. The van der Waals surface area contributed by atoms with Gasteiger partial charge in [-0.25, -0.2) is 9.18 Å². The average Bonchev–Trinajstić information content (AvgIpc) is 2.37. The van der Waals surface area contributed by atoms with E-state index in [9.17, 15) is 14.0 Å². The number of benzene rings is 2. The largest absolute Gasteiger partial charge is 0.478 e. The van der Waals surface area contributed by atoms with E-state index in [4.69, 9.17) is 5.11 Å². The summed E-state index contributed by atoms with van der Waals surface area (Å²) in [6.45, 7) is 0. The fourth-order valence-electron chi connectivity index (χ4n) is 1.66. The van der Waals surface area contributed by atoms with Crippen molar-refractivity contribution in [2.75, 3.05) is 5.32 Å². The molecule has 2 N–H and O–H groups in total. The molecule has 0 aliphatic carbocycles. The van der Waals surface area contributed by atoms with Crippen LogP contribution in [0.1, 0.15) is 20.7 Å². The van der Waals surface area contributed by atoms with Gasteiger partial charge in [-0.1, -0.05) is 28.1 Å². The first-order valence-electron chi connectivity index (χ1n) is 5.57. The molecule has 0 aliphatic heterocycles. The van der Waals surface area contributed by atoms with Crippen molar-refractivity contribution in [3.8, 4) is 0 Å². The Morgan fingerprint density at radius 3 is 2.50 bits per heavy atom. The number of hydrogen-bond donors (Lipinski definition) is 2. The summed E-state index contributed by atoms with van der Waals surface area (Å²) in [5.41, 5.74) is 0.221. The Hall–Kier alpha value is -2.21. The lowest BCUT2D eigenvalue weighted by atomic mass is 10.1. The predicted molar refractivity (Wildman–Crippen MR) is 75.5 cm³/mol. The Morgan fingerprint density at radius 2 is 1.85 bits per heavy atom. The van der Waals surface area contributed by atoms with Crippen LogP contribution in [0.3, 0.4) is 0 Å². The van der Waals surface area contributed by atoms with Crippen molar-refractivity contribution in [1.29, 1.82) is 0 Å². The van der Waals surface area contributed by atoms with Crippen LogP contribution in [-0.4, -0.2) is 17.0 Å². The number of carboxylic acid groups (broad SMARTS) is 1. The van der Waals surface area contributed by atoms with E-state index < -0.39 is 17.7 Å². The molecule has 2 aromatic carbocycles. The number of rotatable bonds is 3. The van der Waals surface area contributed by atoms with E-state index in [-0.39, 0.29) is 16.8 Å². The van der Waals surface area contributed by atoms with Crippen LogP contribution in [0.15, 0.2) is 46.9 Å². The molecular formula is C14H9BrFNO3. The smallest absolute Gasteiger partial charge is 0.337 e. The van der Waals surface area contributed by atoms with Crippen LogP contribution < -0.4 is 5.32 Å². The third-order valence-electron chi connectivity index (χ3n) is 2.53.